The van der Waals surface area contributed by atoms with Crippen LogP contribution in [0.15, 0.2) is 24.3 Å². The molecule has 1 aliphatic rings. The summed E-state index contributed by atoms with van der Waals surface area (Å²) < 4.78 is 18.8. The number of carbonyl (C=O) groups is 1. The predicted molar refractivity (Wildman–Crippen MR) is 89.0 cm³/mol. The zero-order valence-corrected chi connectivity index (χ0v) is 14.1. The summed E-state index contributed by atoms with van der Waals surface area (Å²) in [5.41, 5.74) is 0. The van der Waals surface area contributed by atoms with Gasteiger partial charge in [-0.25, -0.2) is 4.39 Å². The van der Waals surface area contributed by atoms with Gasteiger partial charge in [0.1, 0.15) is 6.61 Å². The standard InChI is InChI=1S/C18H27FN2O2/c1-14-7-3-5-9-16(14)20-18(22)13-21(2)11-12-23-17-10-6-4-8-15(17)19/h4,6,8,10,14,16H,3,5,7,9,11-13H2,1-2H3,(H,20,22)/t14-,16+/m1/s1. The molecular formula is C18H27FN2O2. The van der Waals surface area contributed by atoms with Crippen LogP contribution in [0.4, 0.5) is 4.39 Å². The van der Waals surface area contributed by atoms with Crippen molar-refractivity contribution in [3.63, 3.8) is 0 Å². The van der Waals surface area contributed by atoms with E-state index in [9.17, 15) is 9.18 Å². The first-order valence-electron chi connectivity index (χ1n) is 8.41. The maximum atomic E-state index is 13.4. The molecule has 1 saturated carbocycles. The van der Waals surface area contributed by atoms with Crippen molar-refractivity contribution in [2.45, 2.75) is 38.6 Å². The molecule has 0 aliphatic heterocycles. The zero-order chi connectivity index (χ0) is 16.7. The number of rotatable bonds is 7. The van der Waals surface area contributed by atoms with Crippen LogP contribution in [0.1, 0.15) is 32.6 Å². The largest absolute Gasteiger partial charge is 0.489 e. The van der Waals surface area contributed by atoms with Crippen molar-refractivity contribution in [2.75, 3.05) is 26.7 Å². The van der Waals surface area contributed by atoms with Gasteiger partial charge in [0.15, 0.2) is 11.6 Å². The number of hydrogen-bond donors (Lipinski definition) is 1. The molecule has 1 fully saturated rings. The van der Waals surface area contributed by atoms with Crippen molar-refractivity contribution in [2.24, 2.45) is 5.92 Å². The van der Waals surface area contributed by atoms with Crippen molar-refractivity contribution in [1.29, 1.82) is 0 Å². The van der Waals surface area contributed by atoms with Gasteiger partial charge in [-0.2, -0.15) is 0 Å². The third-order valence-corrected chi connectivity index (χ3v) is 4.44. The second-order valence-corrected chi connectivity index (χ2v) is 6.45. The first-order valence-corrected chi connectivity index (χ1v) is 8.41. The number of hydrogen-bond acceptors (Lipinski definition) is 3. The second kappa shape index (κ2) is 8.87. The number of benzene rings is 1. The molecule has 1 amide bonds. The molecule has 128 valence electrons. The lowest BCUT2D eigenvalue weighted by Crippen LogP contribution is -2.45. The third kappa shape index (κ3) is 5.82. The van der Waals surface area contributed by atoms with E-state index in [1.54, 1.807) is 18.2 Å². The summed E-state index contributed by atoms with van der Waals surface area (Å²) in [6, 6.07) is 6.65. The number of nitrogens with one attached hydrogen (secondary N) is 1. The molecule has 0 saturated heterocycles. The summed E-state index contributed by atoms with van der Waals surface area (Å²) in [6.07, 6.45) is 4.73. The van der Waals surface area contributed by atoms with Crippen molar-refractivity contribution < 1.29 is 13.9 Å². The van der Waals surface area contributed by atoms with E-state index in [-0.39, 0.29) is 17.5 Å². The lowest BCUT2D eigenvalue weighted by molar-refractivity contribution is -0.123. The first-order chi connectivity index (χ1) is 11.1. The normalized spacial score (nSPS) is 21.2. The first kappa shape index (κ1) is 17.7. The molecule has 0 radical (unpaired) electrons. The fraction of sp³-hybridized carbons (Fsp3) is 0.611. The highest BCUT2D eigenvalue weighted by Crippen LogP contribution is 2.23. The Bertz CT molecular complexity index is 510. The smallest absolute Gasteiger partial charge is 0.234 e. The molecule has 23 heavy (non-hydrogen) atoms. The van der Waals surface area contributed by atoms with Crippen molar-refractivity contribution in [1.82, 2.24) is 10.2 Å². The highest BCUT2D eigenvalue weighted by Gasteiger charge is 2.22. The van der Waals surface area contributed by atoms with Crippen molar-refractivity contribution in [3.8, 4) is 5.75 Å². The third-order valence-electron chi connectivity index (χ3n) is 4.44. The van der Waals surface area contributed by atoms with Crippen LogP contribution in [0.2, 0.25) is 0 Å². The van der Waals surface area contributed by atoms with Crippen LogP contribution < -0.4 is 10.1 Å². The number of halogens is 1. The van der Waals surface area contributed by atoms with Crippen LogP contribution in [0.25, 0.3) is 0 Å². The molecule has 0 bridgehead atoms. The Morgan fingerprint density at radius 3 is 2.83 bits per heavy atom. The number of likely N-dealkylation sites (N-methyl/N-ethyl adjacent to an activating group) is 1. The molecule has 0 spiro atoms. The number of amides is 1. The van der Waals surface area contributed by atoms with Gasteiger partial charge >= 0.3 is 0 Å². The Morgan fingerprint density at radius 1 is 1.35 bits per heavy atom. The molecule has 5 heteroatoms. The van der Waals surface area contributed by atoms with Crippen molar-refractivity contribution in [3.05, 3.63) is 30.1 Å². The number of carbonyl (C=O) groups excluding carboxylic acids is 1. The lowest BCUT2D eigenvalue weighted by atomic mass is 9.86. The fourth-order valence-electron chi connectivity index (χ4n) is 2.98. The van der Waals surface area contributed by atoms with Crippen LogP contribution in [0, 0.1) is 11.7 Å². The summed E-state index contributed by atoms with van der Waals surface area (Å²) in [7, 11) is 1.87. The molecule has 1 aromatic carbocycles. The van der Waals surface area contributed by atoms with Gasteiger partial charge in [0.2, 0.25) is 5.91 Å². The minimum atomic E-state index is -0.362. The van der Waals surface area contributed by atoms with Crippen LogP contribution >= 0.6 is 0 Å². The highest BCUT2D eigenvalue weighted by molar-refractivity contribution is 5.78. The maximum absolute atomic E-state index is 13.4. The zero-order valence-electron chi connectivity index (χ0n) is 14.1. The molecule has 1 aliphatic carbocycles. The molecule has 1 aromatic rings. The summed E-state index contributed by atoms with van der Waals surface area (Å²) >= 11 is 0. The van der Waals surface area contributed by atoms with Gasteiger partial charge in [-0.1, -0.05) is 31.9 Å². The van der Waals surface area contributed by atoms with Gasteiger partial charge < -0.3 is 10.1 Å². The quantitative estimate of drug-likeness (QED) is 0.839. The van der Waals surface area contributed by atoms with E-state index in [0.717, 1.165) is 6.42 Å². The van der Waals surface area contributed by atoms with Gasteiger partial charge in [0.25, 0.3) is 0 Å². The van der Waals surface area contributed by atoms with E-state index in [0.29, 0.717) is 31.7 Å². The van der Waals surface area contributed by atoms with E-state index < -0.39 is 0 Å². The molecule has 2 atom stereocenters. The summed E-state index contributed by atoms with van der Waals surface area (Å²) in [4.78, 5) is 14.0. The predicted octanol–water partition coefficient (Wildman–Crippen LogP) is 2.83. The number of para-hydroxylation sites is 1. The summed E-state index contributed by atoms with van der Waals surface area (Å²) in [5.74, 6) is 0.500. The SMILES string of the molecule is C[C@@H]1CCCC[C@@H]1NC(=O)CN(C)CCOc1ccccc1F. The van der Waals surface area contributed by atoms with Crippen LogP contribution in [-0.2, 0) is 4.79 Å². The van der Waals surface area contributed by atoms with Gasteiger partial charge in [-0.05, 0) is 37.9 Å². The Hall–Kier alpha value is -1.62. The van der Waals surface area contributed by atoms with Gasteiger partial charge in [-0.3, -0.25) is 9.69 Å². The maximum Gasteiger partial charge on any atom is 0.234 e. The fourth-order valence-corrected chi connectivity index (χ4v) is 2.98. The van der Waals surface area contributed by atoms with E-state index in [4.69, 9.17) is 4.74 Å². The molecule has 4 nitrogen and oxygen atoms in total. The van der Waals surface area contributed by atoms with E-state index in [1.807, 2.05) is 11.9 Å². The van der Waals surface area contributed by atoms with E-state index in [2.05, 4.69) is 12.2 Å². The topological polar surface area (TPSA) is 41.6 Å². The monoisotopic (exact) mass is 322 g/mol. The highest BCUT2D eigenvalue weighted by atomic mass is 19.1. The average Bonchev–Trinajstić information content (AvgIpc) is 2.51. The average molecular weight is 322 g/mol. The Morgan fingerprint density at radius 2 is 2.09 bits per heavy atom. The van der Waals surface area contributed by atoms with Crippen LogP contribution in [0.5, 0.6) is 5.75 Å². The molecule has 0 aromatic heterocycles. The van der Waals surface area contributed by atoms with Crippen LogP contribution in [-0.4, -0.2) is 43.6 Å². The Kier molecular flexibility index (Phi) is 6.84. The Balaban J connectivity index is 1.66. The number of nitrogens with zero attached hydrogens (tertiary/aromatic N) is 1. The lowest BCUT2D eigenvalue weighted by Gasteiger charge is -2.30. The molecule has 0 unspecified atom stereocenters. The molecule has 1 N–H and O–H groups in total. The van der Waals surface area contributed by atoms with Gasteiger partial charge in [0, 0.05) is 12.6 Å². The molecular weight excluding hydrogens is 295 g/mol. The summed E-state index contributed by atoms with van der Waals surface area (Å²) in [5, 5.41) is 3.14. The van der Waals surface area contributed by atoms with Crippen molar-refractivity contribution >= 4 is 5.91 Å². The van der Waals surface area contributed by atoms with Gasteiger partial charge in [-0.15, -0.1) is 0 Å². The van der Waals surface area contributed by atoms with Gasteiger partial charge in [0.05, 0.1) is 6.54 Å². The van der Waals surface area contributed by atoms with Crippen LogP contribution in [0.3, 0.4) is 0 Å². The molecule has 2 rings (SSSR count). The number of ether oxygens (including phenoxy) is 1. The molecule has 0 heterocycles. The van der Waals surface area contributed by atoms with E-state index in [1.165, 1.54) is 25.3 Å². The minimum absolute atomic E-state index is 0.0529. The summed E-state index contributed by atoms with van der Waals surface area (Å²) in [6.45, 7) is 3.46. The second-order valence-electron chi connectivity index (χ2n) is 6.45. The van der Waals surface area contributed by atoms with E-state index >= 15 is 0 Å². The Labute approximate surface area is 138 Å². The minimum Gasteiger partial charge on any atom is -0.489 e.